The lowest BCUT2D eigenvalue weighted by molar-refractivity contribution is -0.143. The second-order valence-electron chi connectivity index (χ2n) is 8.24. The first-order chi connectivity index (χ1) is 14.8. The minimum absolute atomic E-state index is 0.0951. The molecule has 1 aliphatic rings. The summed E-state index contributed by atoms with van der Waals surface area (Å²) in [6, 6.07) is 11.0. The molecule has 4 rings (SSSR count). The number of esters is 1. The predicted molar refractivity (Wildman–Crippen MR) is 115 cm³/mol. The summed E-state index contributed by atoms with van der Waals surface area (Å²) in [6.07, 6.45) is 0.541. The van der Waals surface area contributed by atoms with Crippen molar-refractivity contribution in [3.8, 4) is 0 Å². The van der Waals surface area contributed by atoms with Crippen LogP contribution in [0.4, 0.5) is 0 Å². The fourth-order valence-electron chi connectivity index (χ4n) is 3.80. The predicted octanol–water partition coefficient (Wildman–Crippen LogP) is 2.02. The van der Waals surface area contributed by atoms with Crippen LogP contribution in [0.1, 0.15) is 37.6 Å². The Morgan fingerprint density at radius 1 is 1.19 bits per heavy atom. The van der Waals surface area contributed by atoms with Gasteiger partial charge in [0.1, 0.15) is 12.2 Å². The van der Waals surface area contributed by atoms with Crippen LogP contribution in [-0.2, 0) is 40.4 Å². The van der Waals surface area contributed by atoms with Crippen molar-refractivity contribution in [1.29, 1.82) is 0 Å². The maximum absolute atomic E-state index is 13.3. The highest BCUT2D eigenvalue weighted by molar-refractivity contribution is 5.78. The van der Waals surface area contributed by atoms with Crippen molar-refractivity contribution in [3.63, 3.8) is 0 Å². The van der Waals surface area contributed by atoms with Gasteiger partial charge >= 0.3 is 11.7 Å². The van der Waals surface area contributed by atoms with E-state index in [4.69, 9.17) is 9.47 Å². The number of carbonyl (C=O) groups is 1. The summed E-state index contributed by atoms with van der Waals surface area (Å²) in [4.78, 5) is 43.5. The molecule has 8 nitrogen and oxygen atoms in total. The van der Waals surface area contributed by atoms with E-state index in [1.54, 1.807) is 13.0 Å². The molecule has 162 valence electrons. The van der Waals surface area contributed by atoms with E-state index >= 15 is 0 Å². The van der Waals surface area contributed by atoms with Gasteiger partial charge in [-0.1, -0.05) is 30.3 Å². The van der Waals surface area contributed by atoms with E-state index in [1.807, 2.05) is 44.2 Å². The highest BCUT2D eigenvalue weighted by Crippen LogP contribution is 2.28. The van der Waals surface area contributed by atoms with Gasteiger partial charge in [-0.3, -0.25) is 18.7 Å². The van der Waals surface area contributed by atoms with Crippen LogP contribution in [0.2, 0.25) is 0 Å². The lowest BCUT2D eigenvalue weighted by Gasteiger charge is -2.31. The molecule has 0 aliphatic carbocycles. The third kappa shape index (κ3) is 4.16. The van der Waals surface area contributed by atoms with Gasteiger partial charge in [-0.15, -0.1) is 0 Å². The van der Waals surface area contributed by atoms with Crippen LogP contribution in [-0.4, -0.2) is 32.3 Å². The topological polar surface area (TPSA) is 92.4 Å². The maximum atomic E-state index is 13.3. The number of rotatable bonds is 5. The van der Waals surface area contributed by atoms with E-state index in [9.17, 15) is 14.4 Å². The normalized spacial score (nSPS) is 14.9. The average molecular weight is 423 g/mol. The highest BCUT2D eigenvalue weighted by Gasteiger charge is 2.29. The maximum Gasteiger partial charge on any atom is 0.333 e. The molecule has 0 fully saturated rings. The first-order valence-electron chi connectivity index (χ1n) is 10.3. The van der Waals surface area contributed by atoms with Crippen molar-refractivity contribution in [2.45, 2.75) is 52.5 Å². The fourth-order valence-corrected chi connectivity index (χ4v) is 3.80. The Bertz CT molecular complexity index is 1260. The van der Waals surface area contributed by atoms with Gasteiger partial charge in [0, 0.05) is 12.0 Å². The van der Waals surface area contributed by atoms with Crippen molar-refractivity contribution >= 4 is 17.0 Å². The van der Waals surface area contributed by atoms with Crippen molar-refractivity contribution < 1.29 is 14.3 Å². The molecule has 3 aromatic rings. The zero-order valence-corrected chi connectivity index (χ0v) is 17.9. The molecule has 1 aliphatic heterocycles. The second kappa shape index (κ2) is 8.11. The minimum atomic E-state index is -0.590. The van der Waals surface area contributed by atoms with Gasteiger partial charge in [0.05, 0.1) is 36.4 Å². The van der Waals surface area contributed by atoms with Gasteiger partial charge in [-0.2, -0.15) is 0 Å². The number of carbonyl (C=O) groups excluding carboxylic acids is 1. The van der Waals surface area contributed by atoms with Crippen molar-refractivity contribution in [1.82, 2.24) is 14.1 Å². The standard InChI is InChI=1S/C23H25N3O5/c1-4-30-19(27)13-25-20-17(10-16-14-31-23(2,3)11-18(16)24-20)21(28)26(22(25)29)12-15-8-6-5-7-9-15/h5-10H,4,11-14H2,1-3H3. The number of nitrogens with zero attached hydrogens (tertiary/aromatic N) is 3. The zero-order chi connectivity index (χ0) is 22.2. The van der Waals surface area contributed by atoms with Crippen LogP contribution >= 0.6 is 0 Å². The number of hydrogen-bond acceptors (Lipinski definition) is 6. The van der Waals surface area contributed by atoms with Gasteiger partial charge in [-0.25, -0.2) is 9.78 Å². The van der Waals surface area contributed by atoms with Crippen molar-refractivity contribution in [3.05, 3.63) is 74.1 Å². The van der Waals surface area contributed by atoms with Gasteiger partial charge in [-0.05, 0) is 32.4 Å². The summed E-state index contributed by atoms with van der Waals surface area (Å²) in [5, 5.41) is 0.280. The Morgan fingerprint density at radius 2 is 1.94 bits per heavy atom. The van der Waals surface area contributed by atoms with E-state index in [0.717, 1.165) is 21.4 Å². The molecule has 0 amide bonds. The Morgan fingerprint density at radius 3 is 2.65 bits per heavy atom. The molecule has 0 N–H and O–H groups in total. The summed E-state index contributed by atoms with van der Waals surface area (Å²) in [6.45, 7) is 5.94. The fraction of sp³-hybridized carbons (Fsp3) is 0.391. The third-order valence-electron chi connectivity index (χ3n) is 5.35. The SMILES string of the molecule is CCOC(=O)Cn1c(=O)n(Cc2ccccc2)c(=O)c2cc3c(nc21)CC(C)(C)OC3. The van der Waals surface area contributed by atoms with Crippen molar-refractivity contribution in [2.24, 2.45) is 0 Å². The smallest absolute Gasteiger partial charge is 0.333 e. The molecule has 0 saturated carbocycles. The molecule has 0 atom stereocenters. The Hall–Kier alpha value is -3.26. The molecule has 0 bridgehead atoms. The lowest BCUT2D eigenvalue weighted by Crippen LogP contribution is -2.42. The van der Waals surface area contributed by atoms with Gasteiger partial charge in [0.15, 0.2) is 0 Å². The van der Waals surface area contributed by atoms with Crippen LogP contribution in [0.25, 0.3) is 11.0 Å². The van der Waals surface area contributed by atoms with Gasteiger partial charge in [0.2, 0.25) is 0 Å². The number of pyridine rings is 1. The molecular formula is C23H25N3O5. The number of benzene rings is 1. The molecule has 0 unspecified atom stereocenters. The van der Waals surface area contributed by atoms with Crippen LogP contribution in [0, 0.1) is 0 Å². The third-order valence-corrected chi connectivity index (χ3v) is 5.35. The Balaban J connectivity index is 1.94. The van der Waals surface area contributed by atoms with E-state index < -0.39 is 22.8 Å². The van der Waals surface area contributed by atoms with Crippen LogP contribution in [0.3, 0.4) is 0 Å². The molecule has 1 aromatic carbocycles. The Labute approximate surface area is 179 Å². The molecule has 3 heterocycles. The van der Waals surface area contributed by atoms with Crippen LogP contribution in [0.5, 0.6) is 0 Å². The zero-order valence-electron chi connectivity index (χ0n) is 17.9. The van der Waals surface area contributed by atoms with Gasteiger partial charge < -0.3 is 9.47 Å². The lowest BCUT2D eigenvalue weighted by atomic mass is 9.95. The first-order valence-corrected chi connectivity index (χ1v) is 10.3. The Kier molecular flexibility index (Phi) is 5.49. The van der Waals surface area contributed by atoms with E-state index in [-0.39, 0.29) is 30.7 Å². The summed E-state index contributed by atoms with van der Waals surface area (Å²) < 4.78 is 13.3. The first kappa shape index (κ1) is 21.0. The number of aromatic nitrogens is 3. The van der Waals surface area contributed by atoms with E-state index in [1.165, 1.54) is 4.57 Å². The summed E-state index contributed by atoms with van der Waals surface area (Å²) in [5.74, 6) is -0.556. The number of fused-ring (bicyclic) bond motifs is 2. The average Bonchev–Trinajstić information content (AvgIpc) is 2.73. The summed E-state index contributed by atoms with van der Waals surface area (Å²) >= 11 is 0. The summed E-state index contributed by atoms with van der Waals surface area (Å²) in [7, 11) is 0. The molecule has 8 heteroatoms. The molecule has 0 spiro atoms. The molecule has 0 radical (unpaired) electrons. The largest absolute Gasteiger partial charge is 0.465 e. The monoisotopic (exact) mass is 423 g/mol. The molecule has 2 aromatic heterocycles. The van der Waals surface area contributed by atoms with E-state index in [0.29, 0.717) is 13.0 Å². The number of hydrogen-bond donors (Lipinski definition) is 0. The van der Waals surface area contributed by atoms with Crippen molar-refractivity contribution in [2.75, 3.05) is 6.61 Å². The molecule has 0 saturated heterocycles. The second-order valence-corrected chi connectivity index (χ2v) is 8.24. The number of ether oxygens (including phenoxy) is 2. The van der Waals surface area contributed by atoms with Gasteiger partial charge in [0.25, 0.3) is 5.56 Å². The molecule has 31 heavy (non-hydrogen) atoms. The van der Waals surface area contributed by atoms with Crippen LogP contribution in [0.15, 0.2) is 46.0 Å². The highest BCUT2D eigenvalue weighted by atomic mass is 16.5. The quantitative estimate of drug-likeness (QED) is 0.583. The van der Waals surface area contributed by atoms with E-state index in [2.05, 4.69) is 4.98 Å². The minimum Gasteiger partial charge on any atom is -0.465 e. The molecular weight excluding hydrogens is 398 g/mol. The van der Waals surface area contributed by atoms with Crippen LogP contribution < -0.4 is 11.2 Å². The summed E-state index contributed by atoms with van der Waals surface area (Å²) in [5.41, 5.74) is 1.15.